The molecule has 0 aliphatic heterocycles. The molecule has 0 heterocycles. The lowest BCUT2D eigenvalue weighted by atomic mass is 10.6. The van der Waals surface area contributed by atoms with Crippen molar-refractivity contribution in [2.45, 2.75) is 61.8 Å². The topological polar surface area (TPSA) is 0 Å². The Hall–Kier alpha value is 0.350. The molecule has 0 bridgehead atoms. The first-order valence-electron chi connectivity index (χ1n) is 4.86. The highest BCUT2D eigenvalue weighted by molar-refractivity contribution is 7.79. The molecule has 1 heteroatoms. The average molecular weight is 182 g/mol. The van der Waals surface area contributed by atoms with Crippen molar-refractivity contribution < 1.29 is 0 Å². The molecule has 0 aromatic rings. The highest BCUT2D eigenvalue weighted by Gasteiger charge is 1.35. The van der Waals surface area contributed by atoms with E-state index < -0.39 is 0 Å². The number of rotatable bonds is 0. The summed E-state index contributed by atoms with van der Waals surface area (Å²) in [6, 6.07) is 0. The second kappa shape index (κ2) is 496. The predicted octanol–water partition coefficient (Wildman–Crippen LogP) is 5.04. The molecular weight excluding hydrogens is 152 g/mol. The van der Waals surface area contributed by atoms with Gasteiger partial charge in [-0.1, -0.05) is 61.8 Å². The molecule has 0 unspecified atom stereocenters. The van der Waals surface area contributed by atoms with Gasteiger partial charge in [0.2, 0.25) is 0 Å². The maximum Gasteiger partial charge on any atom is -0.0215 e. The van der Waals surface area contributed by atoms with Crippen LogP contribution in [0, 0.1) is 0 Å². The fraction of sp³-hybridized carbons (Fsp3) is 1.00. The summed E-state index contributed by atoms with van der Waals surface area (Å²) in [5.41, 5.74) is 0. The van der Waals surface area contributed by atoms with Crippen molar-refractivity contribution in [3.05, 3.63) is 0 Å². The quantitative estimate of drug-likeness (QED) is 0.498. The minimum Gasteiger partial charge on any atom is -0.183 e. The van der Waals surface area contributed by atoms with Crippen LogP contribution in [-0.4, -0.2) is 6.26 Å². The van der Waals surface area contributed by atoms with Gasteiger partial charge < -0.3 is 0 Å². The third-order valence-electron chi connectivity index (χ3n) is 0. The van der Waals surface area contributed by atoms with Gasteiger partial charge in [-0.15, -0.1) is 0 Å². The Morgan fingerprint density at radius 1 is 0.636 bits per heavy atom. The highest BCUT2D eigenvalue weighted by atomic mass is 32.1. The van der Waals surface area contributed by atoms with Crippen LogP contribution in [0.5, 0.6) is 0 Å². The molecule has 0 nitrogen and oxygen atoms in total. The lowest BCUT2D eigenvalue weighted by molar-refractivity contribution is 1.09. The zero-order valence-corrected chi connectivity index (χ0v) is 11.0. The molecule has 0 radical (unpaired) electrons. The molecule has 0 aliphatic rings. The molecule has 0 saturated carbocycles. The van der Waals surface area contributed by atoms with E-state index in [0.717, 1.165) is 0 Å². The van der Waals surface area contributed by atoms with E-state index in [4.69, 9.17) is 0 Å². The summed E-state index contributed by atoms with van der Waals surface area (Å²) in [5.74, 6) is 0. The summed E-state index contributed by atoms with van der Waals surface area (Å²) in [5, 5.41) is 0. The van der Waals surface area contributed by atoms with Gasteiger partial charge in [0.15, 0.2) is 0 Å². The lowest BCUT2D eigenvalue weighted by Crippen LogP contribution is -1.27. The van der Waals surface area contributed by atoms with Gasteiger partial charge in [-0.2, -0.15) is 12.6 Å². The van der Waals surface area contributed by atoms with Crippen LogP contribution in [0.1, 0.15) is 61.8 Å². The van der Waals surface area contributed by atoms with Gasteiger partial charge in [0.1, 0.15) is 0 Å². The van der Waals surface area contributed by atoms with Crippen LogP contribution in [0.3, 0.4) is 0 Å². The van der Waals surface area contributed by atoms with E-state index >= 15 is 0 Å². The summed E-state index contributed by atoms with van der Waals surface area (Å²) in [6.45, 7) is 16.2. The van der Waals surface area contributed by atoms with Gasteiger partial charge in [-0.3, -0.25) is 0 Å². The Balaban J connectivity index is -0.0000000139. The first-order valence-corrected chi connectivity index (χ1v) is 5.76. The van der Waals surface area contributed by atoms with Crippen molar-refractivity contribution >= 4 is 12.6 Å². The molecular formula is C10H30S. The molecule has 0 aromatic carbocycles. The molecule has 0 N–H and O–H groups in total. The maximum atomic E-state index is 3.53. The smallest absolute Gasteiger partial charge is 0.0215 e. The Bertz CT molecular complexity index is 4.83. The molecule has 0 aliphatic carbocycles. The van der Waals surface area contributed by atoms with Crippen molar-refractivity contribution in [1.29, 1.82) is 0 Å². The fourth-order valence-electron chi connectivity index (χ4n) is 0. The minimum atomic E-state index is 1.25. The largest absolute Gasteiger partial charge is 0.183 e. The fourth-order valence-corrected chi connectivity index (χ4v) is 0. The maximum absolute atomic E-state index is 3.53. The third-order valence-corrected chi connectivity index (χ3v) is 0. The van der Waals surface area contributed by atoms with Gasteiger partial charge in [0.05, 0.1) is 0 Å². The van der Waals surface area contributed by atoms with Gasteiger partial charge >= 0.3 is 0 Å². The van der Waals surface area contributed by atoms with Crippen LogP contribution in [0.2, 0.25) is 0 Å². The molecule has 0 rings (SSSR count). The van der Waals surface area contributed by atoms with Gasteiger partial charge in [0, 0.05) is 0 Å². The summed E-state index contributed by atoms with van der Waals surface area (Å²) in [6.07, 6.45) is 2.94. The monoisotopic (exact) mass is 182 g/mol. The van der Waals surface area contributed by atoms with E-state index in [0.29, 0.717) is 0 Å². The molecule has 0 saturated heterocycles. The van der Waals surface area contributed by atoms with Crippen molar-refractivity contribution in [2.75, 3.05) is 6.26 Å². The van der Waals surface area contributed by atoms with Crippen LogP contribution in [-0.2, 0) is 0 Å². The summed E-state index contributed by atoms with van der Waals surface area (Å²) in [7, 11) is 0. The van der Waals surface area contributed by atoms with E-state index in [2.05, 4.69) is 26.5 Å². The minimum absolute atomic E-state index is 1.25. The Morgan fingerprint density at radius 3 is 0.636 bits per heavy atom. The van der Waals surface area contributed by atoms with Gasteiger partial charge in [0.25, 0.3) is 0 Å². The first kappa shape index (κ1) is 30.2. The van der Waals surface area contributed by atoms with Crippen molar-refractivity contribution in [1.82, 2.24) is 0 Å². The molecule has 0 fully saturated rings. The third kappa shape index (κ3) is 5890. The summed E-state index contributed by atoms with van der Waals surface area (Å²) >= 11 is 3.53. The Kier molecular flexibility index (Phi) is 1360. The Labute approximate surface area is 81.2 Å². The number of hydrogen-bond acceptors (Lipinski definition) is 1. The molecule has 76 valence electrons. The van der Waals surface area contributed by atoms with E-state index in [-0.39, 0.29) is 0 Å². The molecule has 0 atom stereocenters. The zero-order chi connectivity index (χ0) is 10.7. The van der Waals surface area contributed by atoms with Gasteiger partial charge in [-0.25, -0.2) is 0 Å². The average Bonchev–Trinajstić information content (AvgIpc) is 2.18. The van der Waals surface area contributed by atoms with Crippen LogP contribution < -0.4 is 0 Å². The lowest BCUT2D eigenvalue weighted by Gasteiger charge is -1.48. The molecule has 0 spiro atoms. The summed E-state index contributed by atoms with van der Waals surface area (Å²) in [4.78, 5) is 0. The standard InChI is InChI=1S/C3H8.3C2H6.CH4S/c1-3-2;4*1-2/h3H2,1-2H3;3*1-2H3;2H,1H3. The SMILES string of the molecule is CC.CC.CC.CCC.CS. The summed E-state index contributed by atoms with van der Waals surface area (Å²) < 4.78 is 0. The number of thiol groups is 1. The molecule has 11 heavy (non-hydrogen) atoms. The zero-order valence-electron chi connectivity index (χ0n) is 10.2. The Morgan fingerprint density at radius 2 is 0.636 bits per heavy atom. The van der Waals surface area contributed by atoms with Crippen molar-refractivity contribution in [2.24, 2.45) is 0 Å². The van der Waals surface area contributed by atoms with Crippen LogP contribution >= 0.6 is 12.6 Å². The second-order valence-electron chi connectivity index (χ2n) is 0.707. The van der Waals surface area contributed by atoms with Crippen LogP contribution in [0.15, 0.2) is 0 Å². The van der Waals surface area contributed by atoms with E-state index in [1.807, 2.05) is 41.5 Å². The van der Waals surface area contributed by atoms with E-state index in [1.165, 1.54) is 6.42 Å². The highest BCUT2D eigenvalue weighted by Crippen LogP contribution is 1.56. The molecule has 0 aromatic heterocycles. The van der Waals surface area contributed by atoms with E-state index in [1.54, 1.807) is 6.26 Å². The van der Waals surface area contributed by atoms with Crippen molar-refractivity contribution in [3.63, 3.8) is 0 Å². The molecule has 0 amide bonds. The van der Waals surface area contributed by atoms with Crippen molar-refractivity contribution in [3.8, 4) is 0 Å². The van der Waals surface area contributed by atoms with E-state index in [9.17, 15) is 0 Å². The first-order chi connectivity index (χ1) is 5.41. The van der Waals surface area contributed by atoms with Crippen LogP contribution in [0.25, 0.3) is 0 Å². The van der Waals surface area contributed by atoms with Gasteiger partial charge in [-0.05, 0) is 6.26 Å². The number of hydrogen-bond donors (Lipinski definition) is 1. The predicted molar refractivity (Wildman–Crippen MR) is 64.9 cm³/mol. The second-order valence-corrected chi connectivity index (χ2v) is 0.707. The van der Waals surface area contributed by atoms with Crippen LogP contribution in [0.4, 0.5) is 0 Å². The normalized spacial score (nSPS) is 3.82.